The number of β-amino-alcohol motifs (C(OH)–C–C–N with tert-alkyl or cyclic N) is 1. The van der Waals surface area contributed by atoms with Crippen LogP contribution in [-0.2, 0) is 9.84 Å². The van der Waals surface area contributed by atoms with Crippen molar-refractivity contribution < 1.29 is 22.7 Å². The molecule has 3 saturated heterocycles. The maximum atomic E-state index is 15.2. The van der Waals surface area contributed by atoms with Crippen LogP contribution in [0.25, 0.3) is 10.9 Å². The van der Waals surface area contributed by atoms with E-state index in [0.717, 1.165) is 93.6 Å². The molecule has 3 aliphatic rings. The number of fused-ring (bicyclic) bond motifs is 1. The van der Waals surface area contributed by atoms with Crippen LogP contribution in [0, 0.1) is 5.82 Å². The number of halogens is 1. The molecular formula is C36H50FN5O4S2. The van der Waals surface area contributed by atoms with Crippen molar-refractivity contribution in [2.75, 3.05) is 76.7 Å². The van der Waals surface area contributed by atoms with Crippen molar-refractivity contribution in [3.8, 4) is 5.75 Å². The van der Waals surface area contributed by atoms with Crippen LogP contribution in [0.2, 0.25) is 0 Å². The largest absolute Gasteiger partial charge is 0.485 e. The summed E-state index contributed by atoms with van der Waals surface area (Å²) in [7, 11) is -4.11. The summed E-state index contributed by atoms with van der Waals surface area (Å²) in [6.07, 6.45) is 7.69. The number of aliphatic hydroxyl groups is 1. The van der Waals surface area contributed by atoms with Gasteiger partial charge in [-0.15, -0.1) is 11.8 Å². The number of piperazine rings is 1. The highest BCUT2D eigenvalue weighted by molar-refractivity contribution is 7.98. The summed E-state index contributed by atoms with van der Waals surface area (Å²) >= 11 is 1.61. The highest BCUT2D eigenvalue weighted by Crippen LogP contribution is 2.40. The number of thioether (sulfide) groups is 1. The second kappa shape index (κ2) is 14.8. The number of sulfone groups is 1. The molecule has 0 amide bonds. The van der Waals surface area contributed by atoms with Crippen molar-refractivity contribution in [3.05, 3.63) is 48.4 Å². The molecule has 3 aliphatic heterocycles. The third-order valence-corrected chi connectivity index (χ3v) is 12.5. The summed E-state index contributed by atoms with van der Waals surface area (Å²) in [5.74, 6) is -0.686. The van der Waals surface area contributed by atoms with Crippen molar-refractivity contribution in [3.63, 3.8) is 0 Å². The Morgan fingerprint density at radius 3 is 2.17 bits per heavy atom. The summed E-state index contributed by atoms with van der Waals surface area (Å²) in [4.78, 5) is 15.5. The number of likely N-dealkylation sites (tertiary alicyclic amines) is 1. The van der Waals surface area contributed by atoms with Gasteiger partial charge in [0.2, 0.25) is 9.84 Å². The molecule has 1 aromatic heterocycles. The Morgan fingerprint density at radius 2 is 1.56 bits per heavy atom. The molecule has 9 nitrogen and oxygen atoms in total. The molecule has 6 rings (SSSR count). The van der Waals surface area contributed by atoms with Crippen LogP contribution in [-0.4, -0.2) is 123 Å². The molecule has 48 heavy (non-hydrogen) atoms. The van der Waals surface area contributed by atoms with Crippen LogP contribution < -0.4 is 9.64 Å². The van der Waals surface area contributed by atoms with Gasteiger partial charge in [0.1, 0.15) is 10.5 Å². The third kappa shape index (κ3) is 7.79. The lowest BCUT2D eigenvalue weighted by molar-refractivity contribution is 0.0396. The van der Waals surface area contributed by atoms with Crippen LogP contribution in [0.5, 0.6) is 5.75 Å². The maximum absolute atomic E-state index is 15.2. The molecule has 2 aromatic carbocycles. The number of aromatic nitrogens is 1. The lowest BCUT2D eigenvalue weighted by Crippen LogP contribution is -2.55. The zero-order valence-electron chi connectivity index (χ0n) is 28.7. The standard InChI is InChI=1S/C36H50FN5O4S2/c1-36(2,3)46-33-8-6-29(24-31(33)37)48(44,45)34-25-38-32-7-5-28(47-4)23-30(32)35(34)42-15-11-26(12-16-42)40-13-9-27(10-14-40)41-19-17-39(18-20-41)21-22-43/h5-8,23-27,43H,9-22H2,1-4H3. The minimum Gasteiger partial charge on any atom is -0.485 e. The number of nitrogens with zero attached hydrogens (tertiary/aromatic N) is 5. The van der Waals surface area contributed by atoms with Crippen LogP contribution in [0.4, 0.5) is 10.1 Å². The quantitative estimate of drug-likeness (QED) is 0.303. The van der Waals surface area contributed by atoms with E-state index in [1.807, 2.05) is 45.2 Å². The molecule has 1 N–H and O–H groups in total. The van der Waals surface area contributed by atoms with Gasteiger partial charge in [-0.25, -0.2) is 12.8 Å². The SMILES string of the molecule is CSc1ccc2ncc(S(=O)(=O)c3ccc(OC(C)(C)C)c(F)c3)c(N3CCC(N4CCC(N5CCN(CCO)CC5)CC4)CC3)c2c1. The first-order valence-electron chi connectivity index (χ1n) is 17.2. The first kappa shape index (κ1) is 35.3. The second-order valence-electron chi connectivity index (χ2n) is 14.3. The van der Waals surface area contributed by atoms with Gasteiger partial charge in [0, 0.05) is 74.4 Å². The summed E-state index contributed by atoms with van der Waals surface area (Å²) in [5.41, 5.74) is 0.775. The van der Waals surface area contributed by atoms with Gasteiger partial charge in [0.15, 0.2) is 11.6 Å². The molecule has 0 spiro atoms. The first-order valence-corrected chi connectivity index (χ1v) is 19.9. The molecule has 0 atom stereocenters. The van der Waals surface area contributed by atoms with Crippen molar-refractivity contribution >= 4 is 38.2 Å². The molecule has 0 radical (unpaired) electrons. The second-order valence-corrected chi connectivity index (χ2v) is 17.0. The molecule has 12 heteroatoms. The van der Waals surface area contributed by atoms with Gasteiger partial charge in [0.05, 0.1) is 22.7 Å². The fourth-order valence-corrected chi connectivity index (χ4v) is 9.43. The average Bonchev–Trinajstić information content (AvgIpc) is 3.08. The lowest BCUT2D eigenvalue weighted by atomic mass is 9.96. The molecule has 4 heterocycles. The van der Waals surface area contributed by atoms with E-state index < -0.39 is 21.3 Å². The van der Waals surface area contributed by atoms with Crippen molar-refractivity contribution in [2.45, 2.75) is 78.8 Å². The van der Waals surface area contributed by atoms with Gasteiger partial charge in [-0.05, 0) is 102 Å². The highest BCUT2D eigenvalue weighted by Gasteiger charge is 2.34. The third-order valence-electron chi connectivity index (χ3n) is 10.1. The molecule has 0 bridgehead atoms. The highest BCUT2D eigenvalue weighted by atomic mass is 32.2. The van der Waals surface area contributed by atoms with E-state index in [-0.39, 0.29) is 22.1 Å². The van der Waals surface area contributed by atoms with Crippen LogP contribution in [0.15, 0.2) is 57.3 Å². The Balaban J connectivity index is 1.20. The van der Waals surface area contributed by atoms with E-state index in [1.54, 1.807) is 11.8 Å². The molecule has 3 aromatic rings. The molecule has 262 valence electrons. The summed E-state index contributed by atoms with van der Waals surface area (Å²) in [6, 6.07) is 11.0. The van der Waals surface area contributed by atoms with E-state index >= 15 is 4.39 Å². The monoisotopic (exact) mass is 699 g/mol. The number of rotatable bonds is 9. The fraction of sp³-hybridized carbons (Fsp3) is 0.583. The number of hydrogen-bond acceptors (Lipinski definition) is 10. The van der Waals surface area contributed by atoms with Gasteiger partial charge in [-0.2, -0.15) is 0 Å². The van der Waals surface area contributed by atoms with Gasteiger partial charge in [-0.3, -0.25) is 14.8 Å². The number of hydrogen-bond donors (Lipinski definition) is 1. The Bertz CT molecular complexity index is 1680. The van der Waals surface area contributed by atoms with Gasteiger partial charge in [-0.1, -0.05) is 0 Å². The Kier molecular flexibility index (Phi) is 10.9. The minimum atomic E-state index is -4.11. The zero-order valence-corrected chi connectivity index (χ0v) is 30.3. The Hall–Kier alpha value is -2.48. The van der Waals surface area contributed by atoms with Gasteiger partial charge >= 0.3 is 0 Å². The molecule has 0 unspecified atom stereocenters. The predicted octanol–water partition coefficient (Wildman–Crippen LogP) is 5.15. The van der Waals surface area contributed by atoms with E-state index in [2.05, 4.69) is 24.6 Å². The molecule has 0 saturated carbocycles. The predicted molar refractivity (Wildman–Crippen MR) is 191 cm³/mol. The zero-order chi connectivity index (χ0) is 34.1. The number of piperidine rings is 2. The van der Waals surface area contributed by atoms with Crippen molar-refractivity contribution in [1.82, 2.24) is 19.7 Å². The van der Waals surface area contributed by atoms with E-state index in [1.165, 1.54) is 31.2 Å². The number of anilines is 1. The number of ether oxygens (including phenoxy) is 1. The minimum absolute atomic E-state index is 0.0228. The first-order chi connectivity index (χ1) is 23.0. The normalized spacial score (nSPS) is 20.1. The number of pyridine rings is 1. The molecular weight excluding hydrogens is 650 g/mol. The van der Waals surface area contributed by atoms with Crippen molar-refractivity contribution in [2.24, 2.45) is 0 Å². The molecule has 3 fully saturated rings. The van der Waals surface area contributed by atoms with Crippen LogP contribution in [0.1, 0.15) is 46.5 Å². The van der Waals surface area contributed by atoms with Gasteiger partial charge < -0.3 is 19.6 Å². The lowest BCUT2D eigenvalue weighted by Gasteiger charge is -2.46. The smallest absolute Gasteiger partial charge is 0.210 e. The van der Waals surface area contributed by atoms with Crippen molar-refractivity contribution in [1.29, 1.82) is 0 Å². The summed E-state index contributed by atoms with van der Waals surface area (Å²) in [5, 5.41) is 10.1. The number of benzene rings is 2. The van der Waals surface area contributed by atoms with Crippen LogP contribution >= 0.6 is 11.8 Å². The van der Waals surface area contributed by atoms with E-state index in [9.17, 15) is 13.5 Å². The maximum Gasteiger partial charge on any atom is 0.210 e. The Labute approximate surface area is 289 Å². The van der Waals surface area contributed by atoms with Gasteiger partial charge in [0.25, 0.3) is 0 Å². The summed E-state index contributed by atoms with van der Waals surface area (Å²) < 4.78 is 49.4. The average molecular weight is 700 g/mol. The van der Waals surface area contributed by atoms with E-state index in [0.29, 0.717) is 17.8 Å². The Morgan fingerprint density at radius 1 is 0.917 bits per heavy atom. The summed E-state index contributed by atoms with van der Waals surface area (Å²) in [6.45, 7) is 14.3. The van der Waals surface area contributed by atoms with Crippen LogP contribution in [0.3, 0.4) is 0 Å². The fourth-order valence-electron chi connectivity index (χ4n) is 7.54. The van der Waals surface area contributed by atoms with E-state index in [4.69, 9.17) is 4.74 Å². The topological polar surface area (TPSA) is 89.5 Å². The number of aliphatic hydroxyl groups excluding tert-OH is 1. The molecule has 0 aliphatic carbocycles.